The Morgan fingerprint density at radius 3 is 2.62 bits per heavy atom. The third-order valence-corrected chi connectivity index (χ3v) is 12.3. The lowest BCUT2D eigenvalue weighted by Crippen LogP contribution is -2.44. The molecule has 3 heterocycles. The highest BCUT2D eigenvalue weighted by molar-refractivity contribution is 7.89. The Bertz CT molecular complexity index is 1710. The monoisotopic (exact) mass is 690 g/mol. The number of anilines is 1. The SMILES string of the molecule is CC(C)CN(CC[C@H](Cc1cc(F)cc(F)c1)NC(=O)OC1C2COC3OCC1C3C2)S(=O)(=O)c1ccc2nc(NC3CC3)sc2c1. The molecule has 6 atom stereocenters. The Morgan fingerprint density at radius 2 is 1.87 bits per heavy atom. The van der Waals surface area contributed by atoms with Crippen LogP contribution in [0.2, 0.25) is 0 Å². The molecule has 254 valence electrons. The van der Waals surface area contributed by atoms with E-state index in [0.29, 0.717) is 24.8 Å². The number of alkyl carbamates (subject to hydrolysis) is 1. The summed E-state index contributed by atoms with van der Waals surface area (Å²) in [7, 11) is -3.93. The number of sulfonamides is 1. The van der Waals surface area contributed by atoms with Crippen LogP contribution in [0.5, 0.6) is 0 Å². The second kappa shape index (κ2) is 13.2. The molecule has 7 rings (SSSR count). The van der Waals surface area contributed by atoms with Crippen LogP contribution in [-0.4, -0.2) is 74.6 Å². The van der Waals surface area contributed by atoms with Crippen molar-refractivity contribution in [1.29, 1.82) is 0 Å². The molecular formula is C33H40F2N4O6S2. The number of ether oxygens (including phenoxy) is 3. The van der Waals surface area contributed by atoms with Crippen LogP contribution in [0, 0.1) is 35.3 Å². The fourth-order valence-electron chi connectivity index (χ4n) is 7.11. The highest BCUT2D eigenvalue weighted by Gasteiger charge is 2.56. The molecule has 2 bridgehead atoms. The molecule has 4 fully saturated rings. The van der Waals surface area contributed by atoms with Crippen molar-refractivity contribution in [3.05, 3.63) is 53.6 Å². The average molecular weight is 691 g/mol. The number of rotatable bonds is 13. The highest BCUT2D eigenvalue weighted by atomic mass is 32.2. The largest absolute Gasteiger partial charge is 0.445 e. The van der Waals surface area contributed by atoms with Gasteiger partial charge < -0.3 is 24.8 Å². The van der Waals surface area contributed by atoms with E-state index in [4.69, 9.17) is 14.2 Å². The van der Waals surface area contributed by atoms with Crippen molar-refractivity contribution in [3.8, 4) is 0 Å². The number of amides is 1. The molecule has 2 saturated carbocycles. The number of carbonyl (C=O) groups excluding carboxylic acids is 1. The zero-order valence-corrected chi connectivity index (χ0v) is 28.0. The van der Waals surface area contributed by atoms with Gasteiger partial charge in [-0.1, -0.05) is 25.2 Å². The van der Waals surface area contributed by atoms with Gasteiger partial charge >= 0.3 is 6.09 Å². The summed E-state index contributed by atoms with van der Waals surface area (Å²) >= 11 is 1.43. The third-order valence-electron chi connectivity index (χ3n) is 9.46. The predicted octanol–water partition coefficient (Wildman–Crippen LogP) is 5.53. The normalized spacial score (nSPS) is 25.9. The Balaban J connectivity index is 1.08. The molecule has 1 amide bonds. The van der Waals surface area contributed by atoms with E-state index in [1.807, 2.05) is 13.8 Å². The fraction of sp³-hybridized carbons (Fsp3) is 0.576. The van der Waals surface area contributed by atoms with E-state index in [1.165, 1.54) is 27.8 Å². The Kier molecular flexibility index (Phi) is 9.15. The maximum Gasteiger partial charge on any atom is 0.407 e. The van der Waals surface area contributed by atoms with Gasteiger partial charge in [-0.2, -0.15) is 4.31 Å². The summed E-state index contributed by atoms with van der Waals surface area (Å²) in [5.41, 5.74) is 1.07. The molecule has 14 heteroatoms. The number of hydrogen-bond donors (Lipinski definition) is 2. The van der Waals surface area contributed by atoms with Crippen molar-refractivity contribution in [2.75, 3.05) is 31.6 Å². The van der Waals surface area contributed by atoms with E-state index in [-0.39, 0.29) is 66.9 Å². The van der Waals surface area contributed by atoms with Crippen molar-refractivity contribution in [2.45, 2.75) is 75.3 Å². The summed E-state index contributed by atoms with van der Waals surface area (Å²) in [6.07, 6.45) is 2.07. The fourth-order valence-corrected chi connectivity index (χ4v) is 9.81. The zero-order chi connectivity index (χ0) is 32.9. The van der Waals surface area contributed by atoms with Gasteiger partial charge in [0.15, 0.2) is 11.4 Å². The van der Waals surface area contributed by atoms with Crippen LogP contribution in [0.4, 0.5) is 18.7 Å². The minimum absolute atomic E-state index is 0.0151. The third kappa shape index (κ3) is 7.26. The van der Waals surface area contributed by atoms with Crippen LogP contribution < -0.4 is 10.6 Å². The first kappa shape index (κ1) is 32.6. The minimum Gasteiger partial charge on any atom is -0.445 e. The summed E-state index contributed by atoms with van der Waals surface area (Å²) in [6, 6.07) is 7.95. The Hall–Kier alpha value is -2.91. The van der Waals surface area contributed by atoms with Gasteiger partial charge in [0, 0.05) is 49.0 Å². The van der Waals surface area contributed by atoms with Gasteiger partial charge in [0.2, 0.25) is 10.0 Å². The number of benzene rings is 2. The van der Waals surface area contributed by atoms with Gasteiger partial charge in [-0.3, -0.25) is 0 Å². The number of aromatic nitrogens is 1. The van der Waals surface area contributed by atoms with Gasteiger partial charge in [0.1, 0.15) is 17.7 Å². The van der Waals surface area contributed by atoms with Gasteiger partial charge in [-0.05, 0) is 73.9 Å². The lowest BCUT2D eigenvalue weighted by molar-refractivity contribution is -0.169. The molecule has 2 N–H and O–H groups in total. The number of carbonyl (C=O) groups is 1. The molecule has 0 radical (unpaired) electrons. The molecule has 5 unspecified atom stereocenters. The first-order chi connectivity index (χ1) is 22.5. The van der Waals surface area contributed by atoms with E-state index in [1.54, 1.807) is 18.2 Å². The lowest BCUT2D eigenvalue weighted by atomic mass is 9.98. The maximum atomic E-state index is 14.1. The molecule has 10 nitrogen and oxygen atoms in total. The first-order valence-corrected chi connectivity index (χ1v) is 18.6. The summed E-state index contributed by atoms with van der Waals surface area (Å²) in [4.78, 5) is 18.1. The van der Waals surface area contributed by atoms with Crippen molar-refractivity contribution >= 4 is 42.8 Å². The highest BCUT2D eigenvalue weighted by Crippen LogP contribution is 2.49. The molecule has 0 spiro atoms. The number of hydrogen-bond acceptors (Lipinski definition) is 9. The molecular weight excluding hydrogens is 651 g/mol. The first-order valence-electron chi connectivity index (χ1n) is 16.3. The molecule has 2 aliphatic carbocycles. The van der Waals surface area contributed by atoms with Crippen LogP contribution in [0.25, 0.3) is 10.2 Å². The van der Waals surface area contributed by atoms with Crippen LogP contribution >= 0.6 is 11.3 Å². The zero-order valence-electron chi connectivity index (χ0n) is 26.4. The van der Waals surface area contributed by atoms with Crippen molar-refractivity contribution < 1.29 is 36.2 Å². The topological polar surface area (TPSA) is 119 Å². The van der Waals surface area contributed by atoms with E-state index in [0.717, 1.165) is 40.7 Å². The van der Waals surface area contributed by atoms with Gasteiger partial charge in [-0.15, -0.1) is 0 Å². The summed E-state index contributed by atoms with van der Waals surface area (Å²) in [6.45, 7) is 5.10. The number of nitrogens with one attached hydrogen (secondary N) is 2. The minimum atomic E-state index is -3.93. The number of nitrogens with zero attached hydrogens (tertiary/aromatic N) is 2. The van der Waals surface area contributed by atoms with Crippen molar-refractivity contribution in [2.24, 2.45) is 23.7 Å². The van der Waals surface area contributed by atoms with Crippen LogP contribution in [0.3, 0.4) is 0 Å². The van der Waals surface area contributed by atoms with Gasteiger partial charge in [0.05, 0.1) is 28.3 Å². The summed E-state index contributed by atoms with van der Waals surface area (Å²) < 4.78 is 76.0. The molecule has 4 aliphatic rings. The molecule has 2 aromatic carbocycles. The summed E-state index contributed by atoms with van der Waals surface area (Å²) in [5.74, 6) is -1.12. The Labute approximate surface area is 277 Å². The smallest absolute Gasteiger partial charge is 0.407 e. The maximum absolute atomic E-state index is 14.1. The summed E-state index contributed by atoms with van der Waals surface area (Å²) in [5, 5.41) is 7.04. The molecule has 2 aliphatic heterocycles. The number of halogens is 2. The standard InChI is InChI=1S/C33H40F2N4O6S2/c1-18(2)15-39(47(41,42)25-5-6-28-29(14-25)46-32(38-28)36-23-3-4-23)8-7-24(11-19-9-21(34)13-22(35)10-19)37-33(40)45-30-20-12-26-27(30)17-44-31(26)43-16-20/h5-6,9-10,13-14,18,20,23-24,26-27,30-31H,3-4,7-8,11-12,15-17H2,1-2H3,(H,36,38)(H,37,40)/t20?,24-,26?,27?,30?,31?/m1/s1. The van der Waals surface area contributed by atoms with E-state index in [9.17, 15) is 22.0 Å². The van der Waals surface area contributed by atoms with Crippen LogP contribution in [0.1, 0.15) is 45.1 Å². The molecule has 47 heavy (non-hydrogen) atoms. The average Bonchev–Trinajstić information content (AvgIpc) is 3.46. The van der Waals surface area contributed by atoms with E-state index >= 15 is 0 Å². The van der Waals surface area contributed by atoms with Crippen LogP contribution in [0.15, 0.2) is 41.3 Å². The number of thiazole rings is 1. The second-order valence-electron chi connectivity index (χ2n) is 13.7. The second-order valence-corrected chi connectivity index (χ2v) is 16.6. The molecule has 3 aromatic rings. The van der Waals surface area contributed by atoms with Gasteiger partial charge in [0.25, 0.3) is 0 Å². The Morgan fingerprint density at radius 1 is 1.11 bits per heavy atom. The quantitative estimate of drug-likeness (QED) is 0.241. The van der Waals surface area contributed by atoms with E-state index in [2.05, 4.69) is 15.6 Å². The predicted molar refractivity (Wildman–Crippen MR) is 173 cm³/mol. The molecule has 1 aromatic heterocycles. The van der Waals surface area contributed by atoms with Crippen LogP contribution in [-0.2, 0) is 30.7 Å². The van der Waals surface area contributed by atoms with Crippen molar-refractivity contribution in [1.82, 2.24) is 14.6 Å². The molecule has 2 saturated heterocycles. The van der Waals surface area contributed by atoms with Crippen molar-refractivity contribution in [3.63, 3.8) is 0 Å². The number of fused-ring (bicyclic) bond motifs is 2. The van der Waals surface area contributed by atoms with Gasteiger partial charge in [-0.25, -0.2) is 27.0 Å². The van der Waals surface area contributed by atoms with E-state index < -0.39 is 33.8 Å². The lowest BCUT2D eigenvalue weighted by Gasteiger charge is -2.29.